The second-order valence-corrected chi connectivity index (χ2v) is 8.01. The molecule has 0 unspecified atom stereocenters. The first-order valence-corrected chi connectivity index (χ1v) is 10.5. The van der Waals surface area contributed by atoms with Gasteiger partial charge in [0, 0.05) is 27.7 Å². The highest BCUT2D eigenvalue weighted by Gasteiger charge is 2.35. The van der Waals surface area contributed by atoms with Crippen molar-refractivity contribution in [3.05, 3.63) is 59.7 Å². The molecule has 0 saturated heterocycles. The summed E-state index contributed by atoms with van der Waals surface area (Å²) in [4.78, 5) is 51.3. The zero-order valence-corrected chi connectivity index (χ0v) is 18.4. The Morgan fingerprint density at radius 2 is 0.935 bits per heavy atom. The third-order valence-corrected chi connectivity index (χ3v) is 5.93. The average Bonchev–Trinajstić information content (AvgIpc) is 3.17. The number of carbonyl (C=O) groups is 4. The van der Waals surface area contributed by atoms with E-state index in [0.29, 0.717) is 11.4 Å². The molecule has 4 amide bonds. The maximum atomic E-state index is 12.2. The van der Waals surface area contributed by atoms with Crippen molar-refractivity contribution in [2.45, 2.75) is 58.8 Å². The maximum Gasteiger partial charge on any atom is 0.230 e. The number of carbonyl (C=O) groups excluding carboxylic acids is 4. The largest absolute Gasteiger partial charge is 0.274 e. The first-order chi connectivity index (χ1) is 14.7. The Labute approximate surface area is 182 Å². The Hall–Kier alpha value is -3.28. The summed E-state index contributed by atoms with van der Waals surface area (Å²) in [6.45, 7) is 5.54. The van der Waals surface area contributed by atoms with Crippen molar-refractivity contribution < 1.29 is 19.2 Å². The summed E-state index contributed by atoms with van der Waals surface area (Å²) < 4.78 is 0. The lowest BCUT2D eigenvalue weighted by atomic mass is 9.82. The highest BCUT2D eigenvalue weighted by Crippen LogP contribution is 2.50. The zero-order valence-electron chi connectivity index (χ0n) is 18.4. The standard InChI is InChI=1S/C25H28N2O4/c1-16(28)26(17(2)29)24-14-7-5-10-22(24)20-12-9-13-21(20)23-11-6-8-15-25(23)27(18(3)30)19(4)31/h5-8,10-11,14-15,20-21H,9,12-13H2,1-4H3/t20-,21-/m1/s1. The molecule has 162 valence electrons. The number of hydrogen-bond donors (Lipinski definition) is 0. The van der Waals surface area contributed by atoms with Gasteiger partial charge in [-0.05, 0) is 47.9 Å². The summed E-state index contributed by atoms with van der Waals surface area (Å²) in [6, 6.07) is 15.0. The summed E-state index contributed by atoms with van der Waals surface area (Å²) in [5.74, 6) is -1.19. The highest BCUT2D eigenvalue weighted by molar-refractivity contribution is 6.14. The number of benzene rings is 2. The summed E-state index contributed by atoms with van der Waals surface area (Å²) in [6.07, 6.45) is 2.75. The molecule has 0 radical (unpaired) electrons. The lowest BCUT2D eigenvalue weighted by molar-refractivity contribution is -0.125. The highest BCUT2D eigenvalue weighted by atomic mass is 16.2. The van der Waals surface area contributed by atoms with Crippen molar-refractivity contribution in [2.24, 2.45) is 0 Å². The molecule has 0 spiro atoms. The van der Waals surface area contributed by atoms with Gasteiger partial charge in [-0.15, -0.1) is 0 Å². The van der Waals surface area contributed by atoms with Gasteiger partial charge in [-0.2, -0.15) is 0 Å². The number of rotatable bonds is 4. The van der Waals surface area contributed by atoms with Gasteiger partial charge in [0.05, 0.1) is 11.4 Å². The number of hydrogen-bond acceptors (Lipinski definition) is 4. The number of amides is 4. The fourth-order valence-corrected chi connectivity index (χ4v) is 4.84. The van der Waals surface area contributed by atoms with Crippen molar-refractivity contribution in [3.8, 4) is 0 Å². The molecule has 0 aliphatic heterocycles. The van der Waals surface area contributed by atoms with Crippen LogP contribution >= 0.6 is 0 Å². The van der Waals surface area contributed by atoms with Crippen LogP contribution in [0, 0.1) is 0 Å². The molecule has 0 bridgehead atoms. The van der Waals surface area contributed by atoms with E-state index in [2.05, 4.69) is 0 Å². The van der Waals surface area contributed by atoms with Crippen LogP contribution < -0.4 is 9.80 Å². The number of anilines is 2. The molecule has 0 aromatic heterocycles. The maximum absolute atomic E-state index is 12.2. The second kappa shape index (κ2) is 9.25. The van der Waals surface area contributed by atoms with Gasteiger partial charge in [-0.25, -0.2) is 0 Å². The number of para-hydroxylation sites is 2. The summed E-state index contributed by atoms with van der Waals surface area (Å²) in [7, 11) is 0. The third-order valence-electron chi connectivity index (χ3n) is 5.93. The molecule has 6 heteroatoms. The second-order valence-electron chi connectivity index (χ2n) is 8.01. The monoisotopic (exact) mass is 420 g/mol. The average molecular weight is 421 g/mol. The predicted octanol–water partition coefficient (Wildman–Crippen LogP) is 4.54. The predicted molar refractivity (Wildman–Crippen MR) is 120 cm³/mol. The van der Waals surface area contributed by atoms with Crippen LogP contribution in [-0.2, 0) is 19.2 Å². The van der Waals surface area contributed by atoms with E-state index in [-0.39, 0.29) is 35.5 Å². The Balaban J connectivity index is 2.11. The fourth-order valence-electron chi connectivity index (χ4n) is 4.84. The van der Waals surface area contributed by atoms with Gasteiger partial charge in [-0.3, -0.25) is 29.0 Å². The molecule has 1 aliphatic carbocycles. The van der Waals surface area contributed by atoms with Crippen LogP contribution in [-0.4, -0.2) is 23.6 Å². The Kier molecular flexibility index (Phi) is 6.68. The molecule has 3 rings (SSSR count). The summed E-state index contributed by atoms with van der Waals surface area (Å²) in [5, 5.41) is 0. The molecule has 2 aromatic carbocycles. The Morgan fingerprint density at radius 1 is 0.613 bits per heavy atom. The topological polar surface area (TPSA) is 74.8 Å². The third kappa shape index (κ3) is 4.43. The van der Waals surface area contributed by atoms with E-state index in [4.69, 9.17) is 0 Å². The first-order valence-electron chi connectivity index (χ1n) is 10.5. The Morgan fingerprint density at radius 3 is 1.26 bits per heavy atom. The molecule has 6 nitrogen and oxygen atoms in total. The van der Waals surface area contributed by atoms with Crippen molar-refractivity contribution in [1.29, 1.82) is 0 Å². The molecule has 1 fully saturated rings. The van der Waals surface area contributed by atoms with E-state index >= 15 is 0 Å². The van der Waals surface area contributed by atoms with Crippen molar-refractivity contribution in [2.75, 3.05) is 9.80 Å². The van der Waals surface area contributed by atoms with Gasteiger partial charge in [-0.1, -0.05) is 42.8 Å². The SMILES string of the molecule is CC(=O)N(C(C)=O)c1ccccc1[C@@H]1CCC[C@H]1c1ccccc1N(C(C)=O)C(C)=O. The van der Waals surface area contributed by atoms with Crippen molar-refractivity contribution in [1.82, 2.24) is 0 Å². The normalized spacial score (nSPS) is 17.8. The lowest BCUT2D eigenvalue weighted by Gasteiger charge is -2.29. The van der Waals surface area contributed by atoms with E-state index < -0.39 is 0 Å². The van der Waals surface area contributed by atoms with Crippen LogP contribution in [0.2, 0.25) is 0 Å². The smallest absolute Gasteiger partial charge is 0.230 e. The zero-order chi connectivity index (χ0) is 22.7. The summed E-state index contributed by atoms with van der Waals surface area (Å²) >= 11 is 0. The number of imide groups is 2. The first kappa shape index (κ1) is 22.4. The molecule has 2 aromatic rings. The fraction of sp³-hybridized carbons (Fsp3) is 0.360. The van der Waals surface area contributed by atoms with Crippen LogP contribution in [0.4, 0.5) is 11.4 Å². The van der Waals surface area contributed by atoms with Crippen molar-refractivity contribution >= 4 is 35.0 Å². The molecule has 1 saturated carbocycles. The van der Waals surface area contributed by atoms with Crippen LogP contribution in [0.25, 0.3) is 0 Å². The van der Waals surface area contributed by atoms with Crippen molar-refractivity contribution in [3.63, 3.8) is 0 Å². The molecule has 1 aliphatic rings. The minimum atomic E-state index is -0.325. The molecule has 0 heterocycles. The van der Waals surface area contributed by atoms with Crippen LogP contribution in [0.15, 0.2) is 48.5 Å². The minimum Gasteiger partial charge on any atom is -0.274 e. The van der Waals surface area contributed by atoms with Gasteiger partial charge in [0.2, 0.25) is 23.6 Å². The van der Waals surface area contributed by atoms with Gasteiger partial charge >= 0.3 is 0 Å². The van der Waals surface area contributed by atoms with Crippen LogP contribution in [0.5, 0.6) is 0 Å². The molecular weight excluding hydrogens is 392 g/mol. The lowest BCUT2D eigenvalue weighted by Crippen LogP contribution is -2.35. The van der Waals surface area contributed by atoms with Gasteiger partial charge in [0.25, 0.3) is 0 Å². The van der Waals surface area contributed by atoms with Gasteiger partial charge < -0.3 is 0 Å². The van der Waals surface area contributed by atoms with E-state index in [1.807, 2.05) is 36.4 Å². The molecule has 2 atom stereocenters. The van der Waals surface area contributed by atoms with Gasteiger partial charge in [0.15, 0.2) is 0 Å². The Bertz CT molecular complexity index is 920. The molecule has 31 heavy (non-hydrogen) atoms. The van der Waals surface area contributed by atoms with E-state index in [9.17, 15) is 19.2 Å². The minimum absolute atomic E-state index is 0.0549. The van der Waals surface area contributed by atoms with E-state index in [1.165, 1.54) is 37.5 Å². The summed E-state index contributed by atoms with van der Waals surface area (Å²) in [5.41, 5.74) is 3.07. The van der Waals surface area contributed by atoms with Gasteiger partial charge in [0.1, 0.15) is 0 Å². The molecular formula is C25H28N2O4. The van der Waals surface area contributed by atoms with E-state index in [0.717, 1.165) is 30.4 Å². The van der Waals surface area contributed by atoms with E-state index in [1.54, 1.807) is 12.1 Å². The van der Waals surface area contributed by atoms with Crippen LogP contribution in [0.3, 0.4) is 0 Å². The molecule has 0 N–H and O–H groups in total. The van der Waals surface area contributed by atoms with Crippen LogP contribution in [0.1, 0.15) is 69.9 Å². The quantitative estimate of drug-likeness (QED) is 0.728. The number of nitrogens with zero attached hydrogens (tertiary/aromatic N) is 2.